The molecule has 1 unspecified atom stereocenters. The van der Waals surface area contributed by atoms with Gasteiger partial charge in [-0.2, -0.15) is 0 Å². The van der Waals surface area contributed by atoms with E-state index >= 15 is 0 Å². The smallest absolute Gasteiger partial charge is 0.147 e. The molecule has 2 nitrogen and oxygen atoms in total. The number of alkyl halides is 1. The normalized spacial score (nSPS) is 12.3. The fraction of sp³-hybridized carbons (Fsp3) is 0.364. The third-order valence-electron chi connectivity index (χ3n) is 1.96. The second-order valence-corrected chi connectivity index (χ2v) is 4.17. The maximum atomic E-state index is 11.2. The van der Waals surface area contributed by atoms with Gasteiger partial charge in [-0.25, -0.2) is 0 Å². The van der Waals surface area contributed by atoms with Crippen LogP contribution in [0.25, 0.3) is 0 Å². The molecular weight excluding hydrogens is 244 g/mol. The molecule has 0 N–H and O–H groups in total. The molecule has 0 heterocycles. The molecule has 0 spiro atoms. The molecule has 1 atom stereocenters. The Morgan fingerprint density at radius 3 is 2.57 bits per heavy atom. The molecule has 0 aromatic heterocycles. The first-order chi connectivity index (χ1) is 6.54. The van der Waals surface area contributed by atoms with Gasteiger partial charge >= 0.3 is 0 Å². The first kappa shape index (κ1) is 11.2. The summed E-state index contributed by atoms with van der Waals surface area (Å²) in [5, 5.41) is 0. The van der Waals surface area contributed by atoms with Gasteiger partial charge in [0.1, 0.15) is 11.5 Å². The molecule has 14 heavy (non-hydrogen) atoms. The summed E-state index contributed by atoms with van der Waals surface area (Å²) in [5.41, 5.74) is 2.03. The van der Waals surface area contributed by atoms with Gasteiger partial charge in [0.15, 0.2) is 0 Å². The third-order valence-corrected chi connectivity index (χ3v) is 3.13. The molecule has 0 saturated heterocycles. The number of Topliss-reactive ketones (excluding diaryl/α,β-unsaturated/α-hetero) is 1. The fourth-order valence-corrected chi connectivity index (χ4v) is 1.54. The second-order valence-electron chi connectivity index (χ2n) is 3.26. The van der Waals surface area contributed by atoms with E-state index in [-0.39, 0.29) is 10.6 Å². The summed E-state index contributed by atoms with van der Waals surface area (Å²) in [4.78, 5) is 10.9. The molecule has 0 aliphatic heterocycles. The standard InChI is InChI=1S/C11H13BrO2/c1-7-4-9(11(12)8(2)13)6-10(5-7)14-3/h4-6,11H,1-3H3. The first-order valence-corrected chi connectivity index (χ1v) is 5.26. The van der Waals surface area contributed by atoms with E-state index in [1.54, 1.807) is 14.0 Å². The lowest BCUT2D eigenvalue weighted by atomic mass is 10.1. The highest BCUT2D eigenvalue weighted by Gasteiger charge is 2.13. The number of carbonyl (C=O) groups excluding carboxylic acids is 1. The van der Waals surface area contributed by atoms with Crippen molar-refractivity contribution in [3.63, 3.8) is 0 Å². The fourth-order valence-electron chi connectivity index (χ4n) is 1.28. The van der Waals surface area contributed by atoms with E-state index in [4.69, 9.17) is 4.74 Å². The van der Waals surface area contributed by atoms with Crippen LogP contribution < -0.4 is 4.74 Å². The van der Waals surface area contributed by atoms with Crippen molar-refractivity contribution in [2.24, 2.45) is 0 Å². The molecule has 0 amide bonds. The van der Waals surface area contributed by atoms with E-state index in [1.807, 2.05) is 25.1 Å². The van der Waals surface area contributed by atoms with Crippen LogP contribution in [0.2, 0.25) is 0 Å². The summed E-state index contributed by atoms with van der Waals surface area (Å²) in [6.45, 7) is 3.54. The van der Waals surface area contributed by atoms with Gasteiger partial charge < -0.3 is 4.74 Å². The highest BCUT2D eigenvalue weighted by atomic mass is 79.9. The van der Waals surface area contributed by atoms with E-state index in [0.717, 1.165) is 16.9 Å². The van der Waals surface area contributed by atoms with Crippen LogP contribution in [0.5, 0.6) is 5.75 Å². The summed E-state index contributed by atoms with van der Waals surface area (Å²) in [6, 6.07) is 5.78. The zero-order valence-corrected chi connectivity index (χ0v) is 10.1. The number of rotatable bonds is 3. The molecule has 3 heteroatoms. The van der Waals surface area contributed by atoms with E-state index in [9.17, 15) is 4.79 Å². The lowest BCUT2D eigenvalue weighted by Gasteiger charge is -2.09. The number of methoxy groups -OCH3 is 1. The van der Waals surface area contributed by atoms with Crippen molar-refractivity contribution in [2.75, 3.05) is 7.11 Å². The molecule has 1 rings (SSSR count). The Hall–Kier alpha value is -0.830. The van der Waals surface area contributed by atoms with Crippen molar-refractivity contribution in [1.82, 2.24) is 0 Å². The van der Waals surface area contributed by atoms with Gasteiger partial charge in [0, 0.05) is 0 Å². The molecule has 0 bridgehead atoms. The van der Waals surface area contributed by atoms with E-state index in [0.29, 0.717) is 0 Å². The van der Waals surface area contributed by atoms with E-state index in [1.165, 1.54) is 0 Å². The van der Waals surface area contributed by atoms with Crippen LogP contribution >= 0.6 is 15.9 Å². The third kappa shape index (κ3) is 2.58. The van der Waals surface area contributed by atoms with Crippen molar-refractivity contribution in [3.8, 4) is 5.75 Å². The van der Waals surface area contributed by atoms with Crippen LogP contribution in [0.1, 0.15) is 22.9 Å². The van der Waals surface area contributed by atoms with Gasteiger partial charge in [-0.15, -0.1) is 0 Å². The number of carbonyl (C=O) groups is 1. The number of halogens is 1. The number of aryl methyl sites for hydroxylation is 1. The molecule has 0 radical (unpaired) electrons. The predicted octanol–water partition coefficient (Wildman–Crippen LogP) is 3.03. The second kappa shape index (κ2) is 4.60. The van der Waals surface area contributed by atoms with Crippen molar-refractivity contribution in [2.45, 2.75) is 18.7 Å². The SMILES string of the molecule is COc1cc(C)cc(C(Br)C(C)=O)c1. The van der Waals surface area contributed by atoms with Crippen LogP contribution in [0.15, 0.2) is 18.2 Å². The molecule has 1 aromatic carbocycles. The highest BCUT2D eigenvalue weighted by Crippen LogP contribution is 2.28. The van der Waals surface area contributed by atoms with Gasteiger partial charge in [-0.05, 0) is 37.1 Å². The minimum Gasteiger partial charge on any atom is -0.497 e. The topological polar surface area (TPSA) is 26.3 Å². The molecule has 1 aromatic rings. The van der Waals surface area contributed by atoms with Crippen molar-refractivity contribution < 1.29 is 9.53 Å². The number of ether oxygens (including phenoxy) is 1. The Labute approximate surface area is 92.4 Å². The average Bonchev–Trinajstić information content (AvgIpc) is 2.15. The Bertz CT molecular complexity index is 347. The maximum Gasteiger partial charge on any atom is 0.147 e. The Morgan fingerprint density at radius 1 is 1.43 bits per heavy atom. The van der Waals surface area contributed by atoms with Crippen LogP contribution in [0.4, 0.5) is 0 Å². The van der Waals surface area contributed by atoms with Crippen molar-refractivity contribution in [3.05, 3.63) is 29.3 Å². The van der Waals surface area contributed by atoms with Crippen LogP contribution in [0, 0.1) is 6.92 Å². The minimum atomic E-state index is -0.240. The summed E-state index contributed by atoms with van der Waals surface area (Å²) in [7, 11) is 1.62. The lowest BCUT2D eigenvalue weighted by molar-refractivity contribution is -0.116. The summed E-state index contributed by atoms with van der Waals surface area (Å²) in [5.74, 6) is 0.878. The van der Waals surface area contributed by atoms with E-state index < -0.39 is 0 Å². The van der Waals surface area contributed by atoms with Crippen LogP contribution in [0.3, 0.4) is 0 Å². The Morgan fingerprint density at radius 2 is 2.07 bits per heavy atom. The van der Waals surface area contributed by atoms with Crippen LogP contribution in [-0.4, -0.2) is 12.9 Å². The van der Waals surface area contributed by atoms with Crippen LogP contribution in [-0.2, 0) is 4.79 Å². The molecule has 76 valence electrons. The minimum absolute atomic E-state index is 0.0950. The van der Waals surface area contributed by atoms with Gasteiger partial charge in [0.05, 0.1) is 11.9 Å². The molecule has 0 aliphatic carbocycles. The summed E-state index contributed by atoms with van der Waals surface area (Å²) in [6.07, 6.45) is 0. The monoisotopic (exact) mass is 256 g/mol. The number of ketones is 1. The number of benzene rings is 1. The number of hydrogen-bond acceptors (Lipinski definition) is 2. The summed E-state index contributed by atoms with van der Waals surface area (Å²) >= 11 is 3.34. The average molecular weight is 257 g/mol. The van der Waals surface area contributed by atoms with Crippen molar-refractivity contribution >= 4 is 21.7 Å². The van der Waals surface area contributed by atoms with Gasteiger partial charge in [-0.1, -0.05) is 22.0 Å². The molecule has 0 fully saturated rings. The molecule has 0 aliphatic rings. The summed E-state index contributed by atoms with van der Waals surface area (Å²) < 4.78 is 5.13. The largest absolute Gasteiger partial charge is 0.497 e. The zero-order valence-electron chi connectivity index (χ0n) is 8.50. The highest BCUT2D eigenvalue weighted by molar-refractivity contribution is 9.09. The quantitative estimate of drug-likeness (QED) is 0.778. The maximum absolute atomic E-state index is 11.2. The predicted molar refractivity (Wildman–Crippen MR) is 60.1 cm³/mol. The van der Waals surface area contributed by atoms with Crippen molar-refractivity contribution in [1.29, 1.82) is 0 Å². The van der Waals surface area contributed by atoms with Gasteiger partial charge in [-0.3, -0.25) is 4.79 Å². The first-order valence-electron chi connectivity index (χ1n) is 4.34. The lowest BCUT2D eigenvalue weighted by Crippen LogP contribution is -2.01. The number of hydrogen-bond donors (Lipinski definition) is 0. The molecule has 0 saturated carbocycles. The van der Waals surface area contributed by atoms with Gasteiger partial charge in [0.25, 0.3) is 0 Å². The molecular formula is C11H13BrO2. The Balaban J connectivity index is 3.08. The van der Waals surface area contributed by atoms with E-state index in [2.05, 4.69) is 15.9 Å². The Kier molecular flexibility index (Phi) is 3.69. The zero-order chi connectivity index (χ0) is 10.7. The van der Waals surface area contributed by atoms with Gasteiger partial charge in [0.2, 0.25) is 0 Å².